The van der Waals surface area contributed by atoms with Gasteiger partial charge in [-0.1, -0.05) is 20.3 Å². The van der Waals surface area contributed by atoms with Gasteiger partial charge in [-0.2, -0.15) is 0 Å². The summed E-state index contributed by atoms with van der Waals surface area (Å²) >= 11 is 0. The van der Waals surface area contributed by atoms with E-state index >= 15 is 0 Å². The van der Waals surface area contributed by atoms with Crippen molar-refractivity contribution < 1.29 is 19.1 Å². The second-order valence-electron chi connectivity index (χ2n) is 8.80. The SMILES string of the molecule is C[C@@H]1C[C@H]2OC(=O)[C@]3(C)CCC[C@@](C)([C@@H]23)[C@@]1(O)CCc1ccoc1. The first kappa shape index (κ1) is 16.2. The second-order valence-corrected chi connectivity index (χ2v) is 8.80. The summed E-state index contributed by atoms with van der Waals surface area (Å²) in [7, 11) is 0. The highest BCUT2D eigenvalue weighted by Crippen LogP contribution is 2.67. The van der Waals surface area contributed by atoms with Gasteiger partial charge in [0.2, 0.25) is 0 Å². The number of furan rings is 1. The second kappa shape index (κ2) is 5.10. The minimum atomic E-state index is -0.777. The molecule has 4 rings (SSSR count). The molecule has 6 atom stereocenters. The smallest absolute Gasteiger partial charge is 0.312 e. The Morgan fingerprint density at radius 2 is 2.12 bits per heavy atom. The van der Waals surface area contributed by atoms with Crippen LogP contribution in [0.15, 0.2) is 23.0 Å². The lowest BCUT2D eigenvalue weighted by molar-refractivity contribution is -0.217. The van der Waals surface area contributed by atoms with Crippen LogP contribution in [0, 0.1) is 22.7 Å². The van der Waals surface area contributed by atoms with Crippen molar-refractivity contribution in [3.05, 3.63) is 24.2 Å². The minimum Gasteiger partial charge on any atom is -0.472 e. The summed E-state index contributed by atoms with van der Waals surface area (Å²) in [6.07, 6.45) is 8.51. The van der Waals surface area contributed by atoms with E-state index in [0.29, 0.717) is 6.42 Å². The van der Waals surface area contributed by atoms with Crippen LogP contribution in [-0.2, 0) is 16.0 Å². The van der Waals surface area contributed by atoms with Gasteiger partial charge in [0.1, 0.15) is 6.10 Å². The Morgan fingerprint density at radius 1 is 1.33 bits per heavy atom. The number of esters is 1. The van der Waals surface area contributed by atoms with Gasteiger partial charge in [-0.25, -0.2) is 0 Å². The molecule has 0 spiro atoms. The molecule has 3 fully saturated rings. The van der Waals surface area contributed by atoms with Crippen molar-refractivity contribution in [2.45, 2.75) is 71.0 Å². The maximum absolute atomic E-state index is 12.6. The third-order valence-corrected chi connectivity index (χ3v) is 7.63. The summed E-state index contributed by atoms with van der Waals surface area (Å²) in [5.74, 6) is 0.190. The van der Waals surface area contributed by atoms with Gasteiger partial charge >= 0.3 is 5.97 Å². The van der Waals surface area contributed by atoms with E-state index in [0.717, 1.165) is 37.7 Å². The number of hydrogen-bond acceptors (Lipinski definition) is 4. The maximum atomic E-state index is 12.6. The topological polar surface area (TPSA) is 59.7 Å². The zero-order valence-corrected chi connectivity index (χ0v) is 14.9. The summed E-state index contributed by atoms with van der Waals surface area (Å²) in [6, 6.07) is 1.97. The van der Waals surface area contributed by atoms with E-state index in [9.17, 15) is 9.90 Å². The lowest BCUT2D eigenvalue weighted by atomic mass is 9.44. The van der Waals surface area contributed by atoms with Crippen molar-refractivity contribution in [2.75, 3.05) is 0 Å². The molecule has 0 amide bonds. The molecule has 24 heavy (non-hydrogen) atoms. The van der Waals surface area contributed by atoms with Crippen molar-refractivity contribution in [2.24, 2.45) is 22.7 Å². The number of ether oxygens (including phenoxy) is 1. The van der Waals surface area contributed by atoms with Crippen LogP contribution >= 0.6 is 0 Å². The Morgan fingerprint density at radius 3 is 2.83 bits per heavy atom. The van der Waals surface area contributed by atoms with Crippen molar-refractivity contribution in [3.8, 4) is 0 Å². The number of aliphatic hydroxyl groups is 1. The van der Waals surface area contributed by atoms with Crippen LogP contribution < -0.4 is 0 Å². The van der Waals surface area contributed by atoms with Crippen LogP contribution in [0.2, 0.25) is 0 Å². The predicted octanol–water partition coefficient (Wildman–Crippen LogP) is 3.72. The molecule has 4 nitrogen and oxygen atoms in total. The normalized spacial score (nSPS) is 47.3. The molecular formula is C20H28O4. The molecule has 1 saturated heterocycles. The predicted molar refractivity (Wildman–Crippen MR) is 89.2 cm³/mol. The van der Waals surface area contributed by atoms with Gasteiger partial charge in [-0.15, -0.1) is 0 Å². The lowest BCUT2D eigenvalue weighted by Gasteiger charge is -2.61. The van der Waals surface area contributed by atoms with Crippen LogP contribution in [0.25, 0.3) is 0 Å². The summed E-state index contributed by atoms with van der Waals surface area (Å²) < 4.78 is 11.0. The molecule has 0 unspecified atom stereocenters. The first-order chi connectivity index (χ1) is 11.3. The Labute approximate surface area is 143 Å². The molecular weight excluding hydrogens is 304 g/mol. The molecule has 132 valence electrons. The Hall–Kier alpha value is -1.29. The summed E-state index contributed by atoms with van der Waals surface area (Å²) in [4.78, 5) is 12.6. The Bertz CT molecular complexity index is 638. The standard InChI is InChI=1S/C20H28O4/c1-13-11-15-16-18(2,17(21)24-15)7-4-8-19(16,3)20(13,22)9-5-14-6-10-23-12-14/h6,10,12-13,15-16,22H,4-5,7-9,11H2,1-3H3/t13-,15-,16+,18-,19+,20-/m1/s1. The number of carbonyl (C=O) groups is 1. The Kier molecular flexibility index (Phi) is 3.44. The van der Waals surface area contributed by atoms with E-state index in [4.69, 9.17) is 9.15 Å². The zero-order valence-electron chi connectivity index (χ0n) is 14.9. The molecule has 1 aliphatic heterocycles. The van der Waals surface area contributed by atoms with Gasteiger partial charge < -0.3 is 14.3 Å². The van der Waals surface area contributed by atoms with Gasteiger partial charge in [0.15, 0.2) is 0 Å². The molecule has 4 heteroatoms. The maximum Gasteiger partial charge on any atom is 0.312 e. The number of hydrogen-bond donors (Lipinski definition) is 1. The van der Waals surface area contributed by atoms with Crippen LogP contribution in [0.1, 0.15) is 58.4 Å². The van der Waals surface area contributed by atoms with Gasteiger partial charge in [-0.3, -0.25) is 4.79 Å². The molecule has 3 aliphatic rings. The molecule has 1 N–H and O–H groups in total. The van der Waals surface area contributed by atoms with Crippen molar-refractivity contribution in [1.29, 1.82) is 0 Å². The summed E-state index contributed by atoms with van der Waals surface area (Å²) in [5, 5.41) is 11.9. The van der Waals surface area contributed by atoms with Gasteiger partial charge in [0, 0.05) is 11.3 Å². The first-order valence-corrected chi connectivity index (χ1v) is 9.26. The number of aryl methyl sites for hydroxylation is 1. The average Bonchev–Trinajstić information content (AvgIpc) is 3.12. The van der Waals surface area contributed by atoms with Crippen LogP contribution in [0.5, 0.6) is 0 Å². The van der Waals surface area contributed by atoms with E-state index in [1.54, 1.807) is 12.5 Å². The quantitative estimate of drug-likeness (QED) is 0.857. The highest BCUT2D eigenvalue weighted by atomic mass is 16.6. The summed E-state index contributed by atoms with van der Waals surface area (Å²) in [5.41, 5.74) is -0.362. The fraction of sp³-hybridized carbons (Fsp3) is 0.750. The fourth-order valence-electron chi connectivity index (χ4n) is 6.30. The first-order valence-electron chi connectivity index (χ1n) is 9.26. The van der Waals surface area contributed by atoms with Crippen molar-refractivity contribution >= 4 is 5.97 Å². The van der Waals surface area contributed by atoms with Crippen molar-refractivity contribution in [1.82, 2.24) is 0 Å². The highest BCUT2D eigenvalue weighted by molar-refractivity contribution is 5.80. The van der Waals surface area contributed by atoms with Crippen LogP contribution in [0.3, 0.4) is 0 Å². The summed E-state index contributed by atoms with van der Waals surface area (Å²) in [6.45, 7) is 6.38. The highest BCUT2D eigenvalue weighted by Gasteiger charge is 2.70. The number of carbonyl (C=O) groups excluding carboxylic acids is 1. The molecule has 0 aromatic carbocycles. The molecule has 1 aromatic heterocycles. The third kappa shape index (κ3) is 1.92. The van der Waals surface area contributed by atoms with E-state index in [-0.39, 0.29) is 29.3 Å². The van der Waals surface area contributed by atoms with Gasteiger partial charge in [0.25, 0.3) is 0 Å². The largest absolute Gasteiger partial charge is 0.472 e. The minimum absolute atomic E-state index is 0.0306. The fourth-order valence-corrected chi connectivity index (χ4v) is 6.30. The zero-order chi connectivity index (χ0) is 17.2. The molecule has 2 saturated carbocycles. The lowest BCUT2D eigenvalue weighted by Crippen LogP contribution is -2.65. The van der Waals surface area contributed by atoms with E-state index in [2.05, 4.69) is 20.8 Å². The molecule has 2 heterocycles. The molecule has 0 bridgehead atoms. The van der Waals surface area contributed by atoms with Crippen LogP contribution in [0.4, 0.5) is 0 Å². The van der Waals surface area contributed by atoms with Gasteiger partial charge in [0.05, 0.1) is 23.5 Å². The van der Waals surface area contributed by atoms with Crippen LogP contribution in [-0.4, -0.2) is 22.8 Å². The molecule has 2 aliphatic carbocycles. The average molecular weight is 332 g/mol. The monoisotopic (exact) mass is 332 g/mol. The van der Waals surface area contributed by atoms with Gasteiger partial charge in [-0.05, 0) is 56.6 Å². The van der Waals surface area contributed by atoms with E-state index in [1.165, 1.54) is 0 Å². The Balaban J connectivity index is 1.70. The molecule has 1 aromatic rings. The van der Waals surface area contributed by atoms with E-state index in [1.807, 2.05) is 6.07 Å². The number of rotatable bonds is 3. The molecule has 0 radical (unpaired) electrons. The third-order valence-electron chi connectivity index (χ3n) is 7.63. The van der Waals surface area contributed by atoms with E-state index < -0.39 is 11.0 Å². The van der Waals surface area contributed by atoms with Crippen molar-refractivity contribution in [3.63, 3.8) is 0 Å².